The first-order chi connectivity index (χ1) is 9.10. The monoisotopic (exact) mass is 263 g/mol. The number of methoxy groups -OCH3 is 1. The van der Waals surface area contributed by atoms with E-state index in [0.29, 0.717) is 5.75 Å². The van der Waals surface area contributed by atoms with E-state index >= 15 is 0 Å². The first kappa shape index (κ1) is 13.4. The topological polar surface area (TPSA) is 75.6 Å². The molecule has 0 radical (unpaired) electrons. The number of hydrogen-bond acceptors (Lipinski definition) is 3. The van der Waals surface area contributed by atoms with Crippen molar-refractivity contribution >= 4 is 11.9 Å². The summed E-state index contributed by atoms with van der Waals surface area (Å²) in [4.78, 5) is 22.8. The zero-order valence-corrected chi connectivity index (χ0v) is 10.8. The fraction of sp³-hybridized carbons (Fsp3) is 0.429. The van der Waals surface area contributed by atoms with Crippen molar-refractivity contribution in [2.75, 3.05) is 7.11 Å². The van der Waals surface area contributed by atoms with Crippen molar-refractivity contribution in [2.45, 2.75) is 25.3 Å². The van der Waals surface area contributed by atoms with E-state index in [2.05, 4.69) is 5.32 Å². The van der Waals surface area contributed by atoms with Crippen LogP contribution in [0.3, 0.4) is 0 Å². The molecule has 0 aliphatic heterocycles. The fourth-order valence-corrected chi connectivity index (χ4v) is 1.87. The highest BCUT2D eigenvalue weighted by Crippen LogP contribution is 2.29. The molecule has 1 aromatic carbocycles. The Bertz CT molecular complexity index is 482. The Kier molecular flexibility index (Phi) is 4.04. The minimum absolute atomic E-state index is 0.00663. The van der Waals surface area contributed by atoms with Crippen LogP contribution in [0.5, 0.6) is 5.75 Å². The Hall–Kier alpha value is -2.04. The zero-order chi connectivity index (χ0) is 13.8. The van der Waals surface area contributed by atoms with E-state index < -0.39 is 12.0 Å². The molecule has 1 aromatic rings. The van der Waals surface area contributed by atoms with Gasteiger partial charge in [-0.1, -0.05) is 12.1 Å². The number of ether oxygens (including phenoxy) is 1. The summed E-state index contributed by atoms with van der Waals surface area (Å²) in [6.45, 7) is 0. The quantitative estimate of drug-likeness (QED) is 0.809. The predicted molar refractivity (Wildman–Crippen MR) is 69.0 cm³/mol. The van der Waals surface area contributed by atoms with Gasteiger partial charge >= 0.3 is 5.97 Å². The lowest BCUT2D eigenvalue weighted by atomic mass is 10.1. The fourth-order valence-electron chi connectivity index (χ4n) is 1.87. The maximum atomic E-state index is 11.6. The van der Waals surface area contributed by atoms with Gasteiger partial charge in [-0.15, -0.1) is 0 Å². The third kappa shape index (κ3) is 3.71. The van der Waals surface area contributed by atoms with Crippen molar-refractivity contribution in [1.29, 1.82) is 0 Å². The van der Waals surface area contributed by atoms with Crippen molar-refractivity contribution in [3.05, 3.63) is 29.8 Å². The molecule has 0 saturated heterocycles. The number of nitrogens with one attached hydrogen (secondary N) is 1. The van der Waals surface area contributed by atoms with Crippen molar-refractivity contribution in [2.24, 2.45) is 5.92 Å². The maximum Gasteiger partial charge on any atom is 0.326 e. The van der Waals surface area contributed by atoms with Crippen molar-refractivity contribution in [3.63, 3.8) is 0 Å². The van der Waals surface area contributed by atoms with Gasteiger partial charge in [-0.2, -0.15) is 0 Å². The predicted octanol–water partition coefficient (Wildman–Crippen LogP) is 1.22. The van der Waals surface area contributed by atoms with E-state index in [1.807, 2.05) is 6.07 Å². The van der Waals surface area contributed by atoms with Crippen LogP contribution >= 0.6 is 0 Å². The molecule has 0 aromatic heterocycles. The summed E-state index contributed by atoms with van der Waals surface area (Å²) in [6, 6.07) is 6.30. The molecule has 0 bridgehead atoms. The van der Waals surface area contributed by atoms with Crippen LogP contribution in [0.4, 0.5) is 0 Å². The van der Waals surface area contributed by atoms with Gasteiger partial charge in [0.2, 0.25) is 5.91 Å². The molecule has 1 unspecified atom stereocenters. The summed E-state index contributed by atoms with van der Waals surface area (Å²) >= 11 is 0. The SMILES string of the molecule is COc1cccc(CC(NC(=O)C2CC2)C(=O)O)c1. The van der Waals surface area contributed by atoms with Crippen LogP contribution in [-0.4, -0.2) is 30.1 Å². The lowest BCUT2D eigenvalue weighted by Gasteiger charge is -2.14. The third-order valence-corrected chi connectivity index (χ3v) is 3.14. The van der Waals surface area contributed by atoms with Gasteiger partial charge in [-0.3, -0.25) is 4.79 Å². The molecule has 2 N–H and O–H groups in total. The van der Waals surface area contributed by atoms with Crippen LogP contribution in [-0.2, 0) is 16.0 Å². The molecule has 1 aliphatic rings. The van der Waals surface area contributed by atoms with Gasteiger partial charge < -0.3 is 15.2 Å². The van der Waals surface area contributed by atoms with Gasteiger partial charge in [0.1, 0.15) is 11.8 Å². The number of rotatable bonds is 6. The average Bonchev–Trinajstić information content (AvgIpc) is 3.22. The normalized spacial score (nSPS) is 15.6. The second-order valence-electron chi connectivity index (χ2n) is 4.73. The first-order valence-corrected chi connectivity index (χ1v) is 6.26. The van der Waals surface area contributed by atoms with Crippen molar-refractivity contribution in [3.8, 4) is 5.75 Å². The summed E-state index contributed by atoms with van der Waals surface area (Å²) in [5, 5.41) is 11.8. The summed E-state index contributed by atoms with van der Waals surface area (Å²) < 4.78 is 5.09. The largest absolute Gasteiger partial charge is 0.497 e. The van der Waals surface area contributed by atoms with E-state index in [9.17, 15) is 9.59 Å². The van der Waals surface area contributed by atoms with Crippen LogP contribution in [0.2, 0.25) is 0 Å². The first-order valence-electron chi connectivity index (χ1n) is 6.26. The van der Waals surface area contributed by atoms with Gasteiger partial charge in [-0.05, 0) is 30.5 Å². The smallest absolute Gasteiger partial charge is 0.326 e. The number of aliphatic carboxylic acids is 1. The second-order valence-corrected chi connectivity index (χ2v) is 4.73. The summed E-state index contributed by atoms with van der Waals surface area (Å²) in [6.07, 6.45) is 1.97. The lowest BCUT2D eigenvalue weighted by Crippen LogP contribution is -2.43. The van der Waals surface area contributed by atoms with Crippen LogP contribution < -0.4 is 10.1 Å². The molecule has 2 rings (SSSR count). The van der Waals surface area contributed by atoms with Gasteiger partial charge in [0.15, 0.2) is 0 Å². The minimum atomic E-state index is -1.02. The number of carboxylic acid groups (broad SMARTS) is 1. The van der Waals surface area contributed by atoms with Crippen LogP contribution in [0.25, 0.3) is 0 Å². The number of carbonyl (C=O) groups excluding carboxylic acids is 1. The molecule has 0 spiro atoms. The Labute approximate surface area is 111 Å². The summed E-state index contributed by atoms with van der Waals surface area (Å²) in [7, 11) is 1.56. The number of benzene rings is 1. The van der Waals surface area contributed by atoms with E-state index in [4.69, 9.17) is 9.84 Å². The van der Waals surface area contributed by atoms with Crippen LogP contribution in [0.1, 0.15) is 18.4 Å². The van der Waals surface area contributed by atoms with Gasteiger partial charge in [-0.25, -0.2) is 4.79 Å². The molecule has 1 saturated carbocycles. The van der Waals surface area contributed by atoms with Crippen molar-refractivity contribution in [1.82, 2.24) is 5.32 Å². The summed E-state index contributed by atoms with van der Waals surface area (Å²) in [5.41, 5.74) is 0.822. The number of hydrogen-bond donors (Lipinski definition) is 2. The molecule has 1 aliphatic carbocycles. The molecule has 0 heterocycles. The highest BCUT2D eigenvalue weighted by molar-refractivity contribution is 5.86. The van der Waals surface area contributed by atoms with Crippen LogP contribution in [0.15, 0.2) is 24.3 Å². The van der Waals surface area contributed by atoms with Crippen LogP contribution in [0, 0.1) is 5.92 Å². The number of carboxylic acids is 1. The van der Waals surface area contributed by atoms with E-state index in [1.54, 1.807) is 25.3 Å². The molecule has 102 valence electrons. The molecule has 19 heavy (non-hydrogen) atoms. The molecule has 1 fully saturated rings. The van der Waals surface area contributed by atoms with Gasteiger partial charge in [0.25, 0.3) is 0 Å². The van der Waals surface area contributed by atoms with E-state index in [0.717, 1.165) is 18.4 Å². The molecular weight excluding hydrogens is 246 g/mol. The maximum absolute atomic E-state index is 11.6. The molecule has 1 atom stereocenters. The molecular formula is C14H17NO4. The highest BCUT2D eigenvalue weighted by Gasteiger charge is 2.32. The number of carbonyl (C=O) groups is 2. The minimum Gasteiger partial charge on any atom is -0.497 e. The lowest BCUT2D eigenvalue weighted by molar-refractivity contribution is -0.142. The van der Waals surface area contributed by atoms with Gasteiger partial charge in [0.05, 0.1) is 7.11 Å². The molecule has 5 nitrogen and oxygen atoms in total. The van der Waals surface area contributed by atoms with E-state index in [-0.39, 0.29) is 18.2 Å². The average molecular weight is 263 g/mol. The molecule has 1 amide bonds. The zero-order valence-electron chi connectivity index (χ0n) is 10.8. The highest BCUT2D eigenvalue weighted by atomic mass is 16.5. The second kappa shape index (κ2) is 5.73. The Morgan fingerprint density at radius 3 is 2.79 bits per heavy atom. The standard InChI is InChI=1S/C14H17NO4/c1-19-11-4-2-3-9(7-11)8-12(14(17)18)15-13(16)10-5-6-10/h2-4,7,10,12H,5-6,8H2,1H3,(H,15,16)(H,17,18). The van der Waals surface area contributed by atoms with E-state index in [1.165, 1.54) is 0 Å². The number of amides is 1. The van der Waals surface area contributed by atoms with Crippen molar-refractivity contribution < 1.29 is 19.4 Å². The Morgan fingerprint density at radius 1 is 1.47 bits per heavy atom. The Balaban J connectivity index is 2.02. The summed E-state index contributed by atoms with van der Waals surface area (Å²) in [5.74, 6) is -0.491. The third-order valence-electron chi connectivity index (χ3n) is 3.14. The van der Waals surface area contributed by atoms with Gasteiger partial charge in [0, 0.05) is 12.3 Å². The molecule has 5 heteroatoms. The Morgan fingerprint density at radius 2 is 2.21 bits per heavy atom.